The normalized spacial score (nSPS) is 31.5. The fourth-order valence-electron chi connectivity index (χ4n) is 5.43. The number of hydrogen-bond acceptors (Lipinski definition) is 0. The van der Waals surface area contributed by atoms with Gasteiger partial charge in [-0.05, 0) is 0 Å². The van der Waals surface area contributed by atoms with Crippen molar-refractivity contribution in [2.24, 2.45) is 0 Å². The molecule has 1 rings (SSSR count). The Hall–Kier alpha value is 3.19. The summed E-state index contributed by atoms with van der Waals surface area (Å²) in [5.41, 5.74) is 0. The minimum absolute atomic E-state index is 1.55. The predicted molar refractivity (Wildman–Crippen MR) is 89.2 cm³/mol. The molecule has 0 aromatic carbocycles. The summed E-state index contributed by atoms with van der Waals surface area (Å²) in [6.45, 7) is 0. The molecule has 0 N–H and O–H groups in total. The molecule has 0 atom stereocenters. The molecule has 0 unspecified atom stereocenters. The Morgan fingerprint density at radius 3 is 0.625 bits per heavy atom. The van der Waals surface area contributed by atoms with Gasteiger partial charge in [-0.2, -0.15) is 0 Å². The molecule has 1 aliphatic heterocycles. The van der Waals surface area contributed by atoms with Crippen LogP contribution in [0, 0.1) is 0 Å². The Labute approximate surface area is 120 Å². The van der Waals surface area contributed by atoms with Gasteiger partial charge in [0.25, 0.3) is 0 Å². The van der Waals surface area contributed by atoms with Crippen LogP contribution in [0.5, 0.6) is 0 Å². The first kappa shape index (κ1) is 17.2. The average molecular weight is 651 g/mol. The van der Waals surface area contributed by atoms with Gasteiger partial charge in [0, 0.05) is 0 Å². The Morgan fingerprint density at radius 1 is 0.375 bits per heavy atom. The molecule has 0 aromatic rings. The summed E-state index contributed by atoms with van der Waals surface area (Å²) < 4.78 is 7.52. The molecular formula is C12H32Sn4. The van der Waals surface area contributed by atoms with Crippen molar-refractivity contribution in [1.29, 1.82) is 0 Å². The molecule has 0 aliphatic carbocycles. The van der Waals surface area contributed by atoms with Gasteiger partial charge in [-0.25, -0.2) is 0 Å². The minimum atomic E-state index is -1.55. The van der Waals surface area contributed by atoms with E-state index in [-0.39, 0.29) is 0 Å². The predicted octanol–water partition coefficient (Wildman–Crippen LogP) is 4.99. The Bertz CT molecular complexity index is 194. The van der Waals surface area contributed by atoms with Gasteiger partial charge in [0.05, 0.1) is 0 Å². The third-order valence-corrected chi connectivity index (χ3v) is 172. The summed E-state index contributed by atoms with van der Waals surface area (Å²) in [5, 5.41) is 0. The second-order valence-electron chi connectivity index (χ2n) is 9.36. The maximum atomic E-state index is 2.79. The second-order valence-corrected chi connectivity index (χ2v) is 89.9. The Balaban J connectivity index is 2.98. The van der Waals surface area contributed by atoms with E-state index in [0.717, 1.165) is 0 Å². The zero-order valence-corrected chi connectivity index (χ0v) is 24.2. The van der Waals surface area contributed by atoms with E-state index < -0.39 is 73.5 Å². The molecule has 0 amide bonds. The van der Waals surface area contributed by atoms with Crippen molar-refractivity contribution >= 4 is 73.5 Å². The molecule has 16 heavy (non-hydrogen) atoms. The standard InChI is InChI=1S/8CH3.4CH2.4Sn/h8*1H3;4*1H2;;;;. The number of hydrogen-bond donors (Lipinski definition) is 0. The molecule has 0 bridgehead atoms. The van der Waals surface area contributed by atoms with Crippen molar-refractivity contribution in [2.45, 2.75) is 49.3 Å². The zero-order valence-electron chi connectivity index (χ0n) is 12.8. The van der Waals surface area contributed by atoms with Gasteiger partial charge in [0.1, 0.15) is 0 Å². The fourth-order valence-corrected chi connectivity index (χ4v) is 309. The molecular weight excluding hydrogens is 619 g/mol. The van der Waals surface area contributed by atoms with E-state index in [0.29, 0.717) is 0 Å². The van der Waals surface area contributed by atoms with Crippen LogP contribution in [0.25, 0.3) is 0 Å². The Kier molecular flexibility index (Phi) is 5.96. The summed E-state index contributed by atoms with van der Waals surface area (Å²) in [4.78, 5) is 22.3. The van der Waals surface area contributed by atoms with Crippen LogP contribution in [-0.4, -0.2) is 73.5 Å². The monoisotopic (exact) mass is 656 g/mol. The van der Waals surface area contributed by atoms with Crippen molar-refractivity contribution in [3.05, 3.63) is 0 Å². The van der Waals surface area contributed by atoms with E-state index in [4.69, 9.17) is 0 Å². The second kappa shape index (κ2) is 5.53. The van der Waals surface area contributed by atoms with Gasteiger partial charge in [-0.3, -0.25) is 0 Å². The average Bonchev–Trinajstić information content (AvgIpc) is 1.67. The van der Waals surface area contributed by atoms with Crippen LogP contribution in [0.3, 0.4) is 0 Å². The molecule has 0 radical (unpaired) electrons. The van der Waals surface area contributed by atoms with Gasteiger partial charge in [0.2, 0.25) is 0 Å². The Morgan fingerprint density at radius 2 is 0.500 bits per heavy atom. The van der Waals surface area contributed by atoms with E-state index in [1.807, 2.05) is 9.81 Å². The summed E-state index contributed by atoms with van der Waals surface area (Å²) >= 11 is -6.21. The van der Waals surface area contributed by atoms with E-state index >= 15 is 0 Å². The summed E-state index contributed by atoms with van der Waals surface area (Å²) in [5.74, 6) is 0. The van der Waals surface area contributed by atoms with Crippen LogP contribution in [-0.2, 0) is 0 Å². The SMILES string of the molecule is [CH3][Sn]1([CH3])[CH2][Sn]([CH3])([CH3])[CH2][Sn]([CH3])([CH3])[CH2][Sn]([CH3])([CH3])[CH2]1. The third-order valence-electron chi connectivity index (χ3n) is 3.83. The van der Waals surface area contributed by atoms with Crippen LogP contribution >= 0.6 is 0 Å². The number of rotatable bonds is 0. The molecule has 1 heterocycles. The van der Waals surface area contributed by atoms with E-state index in [1.54, 1.807) is 0 Å². The van der Waals surface area contributed by atoms with Gasteiger partial charge >= 0.3 is 123 Å². The molecule has 4 heteroatoms. The van der Waals surface area contributed by atoms with Gasteiger partial charge in [-0.15, -0.1) is 0 Å². The fraction of sp³-hybridized carbons (Fsp3) is 1.00. The zero-order chi connectivity index (χ0) is 12.8. The van der Waals surface area contributed by atoms with Crippen LogP contribution in [0.1, 0.15) is 0 Å². The van der Waals surface area contributed by atoms with Crippen LogP contribution in [0.4, 0.5) is 0 Å². The quantitative estimate of drug-likeness (QED) is 0.324. The van der Waals surface area contributed by atoms with E-state index in [2.05, 4.69) is 39.5 Å². The van der Waals surface area contributed by atoms with Crippen molar-refractivity contribution in [3.63, 3.8) is 0 Å². The van der Waals surface area contributed by atoms with Gasteiger partial charge < -0.3 is 0 Å². The van der Waals surface area contributed by atoms with Crippen molar-refractivity contribution < 1.29 is 0 Å². The van der Waals surface area contributed by atoms with Crippen molar-refractivity contribution in [2.75, 3.05) is 0 Å². The van der Waals surface area contributed by atoms with Gasteiger partial charge in [-0.1, -0.05) is 0 Å². The molecule has 1 saturated heterocycles. The summed E-state index contributed by atoms with van der Waals surface area (Å²) in [6.07, 6.45) is 0. The first-order valence-corrected chi connectivity index (χ1v) is 45.8. The molecule has 1 fully saturated rings. The van der Waals surface area contributed by atoms with Crippen LogP contribution in [0.2, 0.25) is 49.3 Å². The van der Waals surface area contributed by atoms with E-state index in [9.17, 15) is 0 Å². The van der Waals surface area contributed by atoms with Crippen molar-refractivity contribution in [1.82, 2.24) is 0 Å². The molecule has 96 valence electrons. The first-order chi connectivity index (χ1) is 6.83. The van der Waals surface area contributed by atoms with Gasteiger partial charge in [0.15, 0.2) is 0 Å². The van der Waals surface area contributed by atoms with Crippen LogP contribution in [0.15, 0.2) is 0 Å². The summed E-state index contributed by atoms with van der Waals surface area (Å²) in [7, 11) is 0. The molecule has 0 saturated carbocycles. The third kappa shape index (κ3) is 6.10. The molecule has 0 spiro atoms. The van der Waals surface area contributed by atoms with Crippen molar-refractivity contribution in [3.8, 4) is 0 Å². The van der Waals surface area contributed by atoms with Crippen LogP contribution < -0.4 is 0 Å². The first-order valence-electron chi connectivity index (χ1n) is 6.83. The maximum absolute atomic E-state index is 2.79. The topological polar surface area (TPSA) is 0 Å². The van der Waals surface area contributed by atoms with E-state index in [1.165, 1.54) is 0 Å². The molecule has 0 nitrogen and oxygen atoms in total. The molecule has 1 aliphatic rings. The molecule has 0 aromatic heterocycles. The summed E-state index contributed by atoms with van der Waals surface area (Å²) in [6, 6.07) is 0.